The number of rotatable bonds is 3. The lowest BCUT2D eigenvalue weighted by atomic mass is 10.3. The Hall–Kier alpha value is -2.32. The Morgan fingerprint density at radius 2 is 2.05 bits per heavy atom. The van der Waals surface area contributed by atoms with Gasteiger partial charge in [-0.25, -0.2) is 0 Å². The number of fused-ring (bicyclic) bond motifs is 1. The first kappa shape index (κ1) is 14.1. The normalized spacial score (nSPS) is 11.9. The van der Waals surface area contributed by atoms with Crippen molar-refractivity contribution in [2.45, 2.75) is 26.1 Å². The molecule has 0 aliphatic rings. The van der Waals surface area contributed by atoms with Gasteiger partial charge in [-0.05, 0) is 26.0 Å². The largest absolute Gasteiger partial charge is 0.471 e. The lowest BCUT2D eigenvalue weighted by molar-refractivity contribution is -0.167. The maximum atomic E-state index is 12.2. The van der Waals surface area contributed by atoms with Crippen LogP contribution >= 0.6 is 0 Å². The molecule has 0 aliphatic carbocycles. The van der Waals surface area contributed by atoms with Crippen LogP contribution in [0, 0.1) is 0 Å². The lowest BCUT2D eigenvalue weighted by Gasteiger charge is -2.10. The van der Waals surface area contributed by atoms with Crippen LogP contribution < -0.4 is 10.6 Å². The Balaban J connectivity index is 2.32. The molecule has 6 nitrogen and oxygen atoms in total. The lowest BCUT2D eigenvalue weighted by Crippen LogP contribution is -2.30. The predicted molar refractivity (Wildman–Crippen MR) is 66.4 cm³/mol. The predicted octanol–water partition coefficient (Wildman–Crippen LogP) is 2.05. The molecule has 0 aliphatic heterocycles. The third-order valence-corrected chi connectivity index (χ3v) is 2.28. The van der Waals surface area contributed by atoms with Crippen LogP contribution in [0.3, 0.4) is 0 Å². The van der Waals surface area contributed by atoms with Gasteiger partial charge < -0.3 is 5.32 Å². The molecular formula is C11H12F3N5O. The van der Waals surface area contributed by atoms with Crippen LogP contribution in [0.1, 0.15) is 13.8 Å². The van der Waals surface area contributed by atoms with Gasteiger partial charge in [-0.1, -0.05) is 6.07 Å². The van der Waals surface area contributed by atoms with Gasteiger partial charge in [0.15, 0.2) is 5.65 Å². The van der Waals surface area contributed by atoms with E-state index in [1.165, 1.54) is 4.52 Å². The van der Waals surface area contributed by atoms with E-state index in [-0.39, 0.29) is 6.04 Å². The molecular weight excluding hydrogens is 275 g/mol. The van der Waals surface area contributed by atoms with Crippen molar-refractivity contribution < 1.29 is 18.0 Å². The van der Waals surface area contributed by atoms with Crippen molar-refractivity contribution in [3.05, 3.63) is 18.2 Å². The molecule has 2 heterocycles. The Labute approximate surface area is 112 Å². The molecule has 1 amide bonds. The summed E-state index contributed by atoms with van der Waals surface area (Å²) in [5, 5.41) is 8.52. The maximum absolute atomic E-state index is 12.2. The highest BCUT2D eigenvalue weighted by Crippen LogP contribution is 2.18. The molecule has 2 N–H and O–H groups in total. The summed E-state index contributed by atoms with van der Waals surface area (Å²) in [6.07, 6.45) is -4.98. The van der Waals surface area contributed by atoms with Gasteiger partial charge in [0.2, 0.25) is 5.95 Å². The van der Waals surface area contributed by atoms with E-state index in [9.17, 15) is 18.0 Å². The molecule has 2 aromatic heterocycles. The fraction of sp³-hybridized carbons (Fsp3) is 0.364. The SMILES string of the molecule is CC(C)Nc1cccc2nc(NC(=O)C(F)(F)F)nn12. The standard InChI is InChI=1S/C11H12F3N5O/c1-6(2)15-7-4-3-5-8-16-10(18-19(7)8)17-9(20)11(12,13)14/h3-6,15H,1-2H3,(H,17,18,20). The van der Waals surface area contributed by atoms with Crippen LogP contribution in [0.2, 0.25) is 0 Å². The van der Waals surface area contributed by atoms with Crippen LogP contribution in [0.5, 0.6) is 0 Å². The molecule has 9 heteroatoms. The highest BCUT2D eigenvalue weighted by molar-refractivity contribution is 5.93. The Morgan fingerprint density at radius 3 is 2.65 bits per heavy atom. The summed E-state index contributed by atoms with van der Waals surface area (Å²) < 4.78 is 37.8. The second-order valence-electron chi connectivity index (χ2n) is 4.37. The topological polar surface area (TPSA) is 71.3 Å². The van der Waals surface area contributed by atoms with Crippen LogP contribution in [-0.2, 0) is 4.79 Å². The number of pyridine rings is 1. The minimum atomic E-state index is -4.98. The molecule has 0 spiro atoms. The van der Waals surface area contributed by atoms with E-state index in [0.717, 1.165) is 0 Å². The summed E-state index contributed by atoms with van der Waals surface area (Å²) in [5.74, 6) is -1.94. The molecule has 2 aromatic rings. The van der Waals surface area contributed by atoms with Gasteiger partial charge in [-0.15, -0.1) is 5.10 Å². The zero-order valence-corrected chi connectivity index (χ0v) is 10.7. The summed E-state index contributed by atoms with van der Waals surface area (Å²) in [4.78, 5) is 14.6. The van der Waals surface area contributed by atoms with Gasteiger partial charge in [-0.2, -0.15) is 22.7 Å². The summed E-state index contributed by atoms with van der Waals surface area (Å²) >= 11 is 0. The fourth-order valence-corrected chi connectivity index (χ4v) is 1.54. The molecule has 0 fully saturated rings. The first-order valence-corrected chi connectivity index (χ1v) is 5.78. The van der Waals surface area contributed by atoms with Crippen molar-refractivity contribution in [2.75, 3.05) is 10.6 Å². The van der Waals surface area contributed by atoms with Crippen molar-refractivity contribution in [3.8, 4) is 0 Å². The number of amides is 1. The highest BCUT2D eigenvalue weighted by atomic mass is 19.4. The molecule has 0 radical (unpaired) electrons. The average molecular weight is 287 g/mol. The number of halogens is 3. The number of anilines is 2. The van der Waals surface area contributed by atoms with E-state index < -0.39 is 18.0 Å². The fourth-order valence-electron chi connectivity index (χ4n) is 1.54. The Bertz CT molecular complexity index is 635. The van der Waals surface area contributed by atoms with E-state index in [2.05, 4.69) is 15.4 Å². The van der Waals surface area contributed by atoms with Gasteiger partial charge in [-0.3, -0.25) is 10.1 Å². The average Bonchev–Trinajstić information content (AvgIpc) is 2.70. The van der Waals surface area contributed by atoms with Crippen molar-refractivity contribution >= 4 is 23.3 Å². The number of hydrogen-bond acceptors (Lipinski definition) is 4. The van der Waals surface area contributed by atoms with Crippen molar-refractivity contribution in [1.82, 2.24) is 14.6 Å². The maximum Gasteiger partial charge on any atom is 0.471 e. The Kier molecular flexibility index (Phi) is 3.51. The van der Waals surface area contributed by atoms with Crippen LogP contribution in [0.25, 0.3) is 5.65 Å². The number of aromatic nitrogens is 3. The molecule has 0 unspecified atom stereocenters. The van der Waals surface area contributed by atoms with E-state index >= 15 is 0 Å². The summed E-state index contributed by atoms with van der Waals surface area (Å²) in [6.45, 7) is 3.81. The van der Waals surface area contributed by atoms with E-state index in [0.29, 0.717) is 11.5 Å². The number of alkyl halides is 3. The van der Waals surface area contributed by atoms with Crippen molar-refractivity contribution in [1.29, 1.82) is 0 Å². The number of nitrogens with one attached hydrogen (secondary N) is 2. The van der Waals surface area contributed by atoms with Gasteiger partial charge in [0.1, 0.15) is 5.82 Å². The minimum Gasteiger partial charge on any atom is -0.368 e. The number of hydrogen-bond donors (Lipinski definition) is 2. The smallest absolute Gasteiger partial charge is 0.368 e. The van der Waals surface area contributed by atoms with Crippen LogP contribution in [0.4, 0.5) is 24.9 Å². The molecule has 0 saturated carbocycles. The minimum absolute atomic E-state index is 0.109. The third kappa shape index (κ3) is 2.98. The van der Waals surface area contributed by atoms with Crippen LogP contribution in [-0.4, -0.2) is 32.7 Å². The number of nitrogens with zero attached hydrogens (tertiary/aromatic N) is 3. The van der Waals surface area contributed by atoms with E-state index in [1.54, 1.807) is 23.5 Å². The highest BCUT2D eigenvalue weighted by Gasteiger charge is 2.39. The van der Waals surface area contributed by atoms with Gasteiger partial charge in [0.05, 0.1) is 0 Å². The molecule has 108 valence electrons. The van der Waals surface area contributed by atoms with Gasteiger partial charge in [0.25, 0.3) is 0 Å². The van der Waals surface area contributed by atoms with Crippen molar-refractivity contribution in [3.63, 3.8) is 0 Å². The molecule has 20 heavy (non-hydrogen) atoms. The quantitative estimate of drug-likeness (QED) is 0.906. The van der Waals surface area contributed by atoms with Gasteiger partial charge in [0, 0.05) is 6.04 Å². The second kappa shape index (κ2) is 4.99. The van der Waals surface area contributed by atoms with E-state index in [1.807, 2.05) is 13.8 Å². The number of carbonyl (C=O) groups is 1. The summed E-state index contributed by atoms with van der Waals surface area (Å²) in [6, 6.07) is 5.07. The zero-order chi connectivity index (χ0) is 14.9. The molecule has 0 atom stereocenters. The first-order chi connectivity index (χ1) is 9.27. The molecule has 0 saturated heterocycles. The van der Waals surface area contributed by atoms with E-state index in [4.69, 9.17) is 0 Å². The molecule has 0 aromatic carbocycles. The number of carbonyl (C=O) groups excluding carboxylic acids is 1. The molecule has 0 bridgehead atoms. The van der Waals surface area contributed by atoms with Crippen molar-refractivity contribution in [2.24, 2.45) is 0 Å². The monoisotopic (exact) mass is 287 g/mol. The van der Waals surface area contributed by atoms with Crippen LogP contribution in [0.15, 0.2) is 18.2 Å². The second-order valence-corrected chi connectivity index (χ2v) is 4.37. The first-order valence-electron chi connectivity index (χ1n) is 5.78. The van der Waals surface area contributed by atoms with Gasteiger partial charge >= 0.3 is 12.1 Å². The zero-order valence-electron chi connectivity index (χ0n) is 10.7. The third-order valence-electron chi connectivity index (χ3n) is 2.28. The summed E-state index contributed by atoms with van der Waals surface area (Å²) in [7, 11) is 0. The summed E-state index contributed by atoms with van der Waals surface area (Å²) in [5.41, 5.74) is 0.327. The molecule has 2 rings (SSSR count). The Morgan fingerprint density at radius 1 is 1.35 bits per heavy atom.